The molecule has 1 heterocycles. The Morgan fingerprint density at radius 1 is 1.38 bits per heavy atom. The van der Waals surface area contributed by atoms with E-state index in [0.29, 0.717) is 18.2 Å². The fourth-order valence-electron chi connectivity index (χ4n) is 2.23. The summed E-state index contributed by atoms with van der Waals surface area (Å²) < 4.78 is 5.09. The van der Waals surface area contributed by atoms with Gasteiger partial charge in [-0.1, -0.05) is 13.8 Å². The minimum absolute atomic E-state index is 0.334. The molecule has 0 saturated carbocycles. The molecule has 1 amide bonds. The second-order valence-corrected chi connectivity index (χ2v) is 5.20. The number of methoxy groups -OCH3 is 1. The van der Waals surface area contributed by atoms with E-state index in [1.807, 2.05) is 4.90 Å². The fourth-order valence-corrected chi connectivity index (χ4v) is 2.23. The van der Waals surface area contributed by atoms with Crippen molar-refractivity contribution in [2.75, 3.05) is 26.8 Å². The van der Waals surface area contributed by atoms with E-state index in [2.05, 4.69) is 13.8 Å². The SMILES string of the molecule is COCCC1CCN(C(=O)CC(C)C)CC1. The van der Waals surface area contributed by atoms with Gasteiger partial charge in [-0.05, 0) is 31.1 Å². The molecule has 0 aliphatic carbocycles. The summed E-state index contributed by atoms with van der Waals surface area (Å²) in [5, 5.41) is 0. The minimum atomic E-state index is 0.334. The molecular formula is C13H25NO2. The van der Waals surface area contributed by atoms with Gasteiger partial charge in [0.2, 0.25) is 5.91 Å². The van der Waals surface area contributed by atoms with Gasteiger partial charge in [0.1, 0.15) is 0 Å². The highest BCUT2D eigenvalue weighted by Crippen LogP contribution is 2.21. The zero-order valence-corrected chi connectivity index (χ0v) is 10.9. The molecule has 1 aliphatic rings. The second kappa shape index (κ2) is 6.89. The lowest BCUT2D eigenvalue weighted by atomic mass is 9.93. The molecule has 1 aliphatic heterocycles. The van der Waals surface area contributed by atoms with Crippen LogP contribution in [0.15, 0.2) is 0 Å². The molecule has 3 nitrogen and oxygen atoms in total. The van der Waals surface area contributed by atoms with Crippen LogP contribution in [0.3, 0.4) is 0 Å². The molecule has 94 valence electrons. The van der Waals surface area contributed by atoms with Gasteiger partial charge in [0, 0.05) is 33.2 Å². The molecule has 1 saturated heterocycles. The number of ether oxygens (including phenoxy) is 1. The number of carbonyl (C=O) groups is 1. The first-order chi connectivity index (χ1) is 7.63. The summed E-state index contributed by atoms with van der Waals surface area (Å²) in [6.07, 6.45) is 4.13. The number of likely N-dealkylation sites (tertiary alicyclic amines) is 1. The Balaban J connectivity index is 2.23. The maximum Gasteiger partial charge on any atom is 0.222 e. The molecular weight excluding hydrogens is 202 g/mol. The van der Waals surface area contributed by atoms with Crippen LogP contribution in [0.25, 0.3) is 0 Å². The Hall–Kier alpha value is -0.570. The van der Waals surface area contributed by atoms with Crippen LogP contribution < -0.4 is 0 Å². The maximum atomic E-state index is 11.8. The van der Waals surface area contributed by atoms with Crippen molar-refractivity contribution in [3.63, 3.8) is 0 Å². The third kappa shape index (κ3) is 4.52. The third-order valence-electron chi connectivity index (χ3n) is 3.28. The Kier molecular flexibility index (Phi) is 5.81. The monoisotopic (exact) mass is 227 g/mol. The van der Waals surface area contributed by atoms with Crippen LogP contribution in [0.1, 0.15) is 39.5 Å². The van der Waals surface area contributed by atoms with Crippen molar-refractivity contribution in [1.82, 2.24) is 4.90 Å². The lowest BCUT2D eigenvalue weighted by molar-refractivity contribution is -0.133. The molecule has 0 aromatic heterocycles. The van der Waals surface area contributed by atoms with Crippen LogP contribution in [-0.2, 0) is 9.53 Å². The van der Waals surface area contributed by atoms with E-state index in [0.717, 1.165) is 44.9 Å². The van der Waals surface area contributed by atoms with Gasteiger partial charge in [-0.2, -0.15) is 0 Å². The Morgan fingerprint density at radius 2 is 2.00 bits per heavy atom. The summed E-state index contributed by atoms with van der Waals surface area (Å²) >= 11 is 0. The predicted octanol–water partition coefficient (Wildman–Crippen LogP) is 2.31. The van der Waals surface area contributed by atoms with Gasteiger partial charge in [0.05, 0.1) is 0 Å². The predicted molar refractivity (Wildman–Crippen MR) is 65.3 cm³/mol. The van der Waals surface area contributed by atoms with Gasteiger partial charge in [0.25, 0.3) is 0 Å². The lowest BCUT2D eigenvalue weighted by Gasteiger charge is -2.32. The molecule has 0 spiro atoms. The largest absolute Gasteiger partial charge is 0.385 e. The summed E-state index contributed by atoms with van der Waals surface area (Å²) in [5.74, 6) is 1.56. The van der Waals surface area contributed by atoms with Crippen LogP contribution in [0, 0.1) is 11.8 Å². The van der Waals surface area contributed by atoms with Crippen molar-refractivity contribution in [2.45, 2.75) is 39.5 Å². The van der Waals surface area contributed by atoms with Crippen LogP contribution in [0.5, 0.6) is 0 Å². The summed E-state index contributed by atoms with van der Waals surface area (Å²) in [5.41, 5.74) is 0. The van der Waals surface area contributed by atoms with Gasteiger partial charge < -0.3 is 9.64 Å². The van der Waals surface area contributed by atoms with E-state index >= 15 is 0 Å². The number of hydrogen-bond acceptors (Lipinski definition) is 2. The van der Waals surface area contributed by atoms with Crippen LogP contribution >= 0.6 is 0 Å². The Bertz CT molecular complexity index is 208. The number of nitrogens with zero attached hydrogens (tertiary/aromatic N) is 1. The average molecular weight is 227 g/mol. The van der Waals surface area contributed by atoms with E-state index in [9.17, 15) is 4.79 Å². The van der Waals surface area contributed by atoms with E-state index in [4.69, 9.17) is 4.74 Å². The van der Waals surface area contributed by atoms with Crippen molar-refractivity contribution in [2.24, 2.45) is 11.8 Å². The third-order valence-corrected chi connectivity index (χ3v) is 3.28. The van der Waals surface area contributed by atoms with E-state index in [1.54, 1.807) is 7.11 Å². The molecule has 1 fully saturated rings. The molecule has 0 unspecified atom stereocenters. The molecule has 0 aromatic rings. The zero-order chi connectivity index (χ0) is 12.0. The number of rotatable bonds is 5. The number of amides is 1. The van der Waals surface area contributed by atoms with Crippen molar-refractivity contribution in [3.05, 3.63) is 0 Å². The number of piperidine rings is 1. The lowest BCUT2D eigenvalue weighted by Crippen LogP contribution is -2.39. The van der Waals surface area contributed by atoms with Gasteiger partial charge in [-0.15, -0.1) is 0 Å². The van der Waals surface area contributed by atoms with Crippen molar-refractivity contribution in [3.8, 4) is 0 Å². The van der Waals surface area contributed by atoms with E-state index < -0.39 is 0 Å². The first-order valence-electron chi connectivity index (χ1n) is 6.40. The number of hydrogen-bond donors (Lipinski definition) is 0. The normalized spacial score (nSPS) is 18.1. The molecule has 0 atom stereocenters. The van der Waals surface area contributed by atoms with Crippen LogP contribution in [0.4, 0.5) is 0 Å². The highest BCUT2D eigenvalue weighted by molar-refractivity contribution is 5.76. The number of carbonyl (C=O) groups excluding carboxylic acids is 1. The van der Waals surface area contributed by atoms with E-state index in [-0.39, 0.29) is 0 Å². The summed E-state index contributed by atoms with van der Waals surface area (Å²) in [7, 11) is 1.75. The van der Waals surface area contributed by atoms with Crippen molar-refractivity contribution in [1.29, 1.82) is 0 Å². The Morgan fingerprint density at radius 3 is 2.50 bits per heavy atom. The Labute approximate surface area is 99.1 Å². The van der Waals surface area contributed by atoms with Crippen LogP contribution in [-0.4, -0.2) is 37.6 Å². The minimum Gasteiger partial charge on any atom is -0.385 e. The standard InChI is InChI=1S/C13H25NO2/c1-11(2)10-13(15)14-7-4-12(5-8-14)6-9-16-3/h11-12H,4-10H2,1-3H3. The molecule has 0 aromatic carbocycles. The smallest absolute Gasteiger partial charge is 0.222 e. The molecule has 0 radical (unpaired) electrons. The van der Waals surface area contributed by atoms with Crippen LogP contribution in [0.2, 0.25) is 0 Å². The summed E-state index contributed by atoms with van der Waals surface area (Å²) in [6.45, 7) is 6.94. The van der Waals surface area contributed by atoms with Gasteiger partial charge in [0.15, 0.2) is 0 Å². The molecule has 1 rings (SSSR count). The first-order valence-corrected chi connectivity index (χ1v) is 6.40. The molecule has 3 heteroatoms. The quantitative estimate of drug-likeness (QED) is 0.721. The fraction of sp³-hybridized carbons (Fsp3) is 0.923. The highest BCUT2D eigenvalue weighted by atomic mass is 16.5. The average Bonchev–Trinajstić information content (AvgIpc) is 2.26. The van der Waals surface area contributed by atoms with Crippen molar-refractivity contribution >= 4 is 5.91 Å². The summed E-state index contributed by atoms with van der Waals surface area (Å²) in [4.78, 5) is 13.9. The van der Waals surface area contributed by atoms with Crippen molar-refractivity contribution < 1.29 is 9.53 Å². The zero-order valence-electron chi connectivity index (χ0n) is 10.9. The van der Waals surface area contributed by atoms with Gasteiger partial charge in [-0.3, -0.25) is 4.79 Å². The molecule has 16 heavy (non-hydrogen) atoms. The molecule has 0 bridgehead atoms. The van der Waals surface area contributed by atoms with Gasteiger partial charge >= 0.3 is 0 Å². The topological polar surface area (TPSA) is 29.5 Å². The highest BCUT2D eigenvalue weighted by Gasteiger charge is 2.22. The second-order valence-electron chi connectivity index (χ2n) is 5.20. The first kappa shape index (κ1) is 13.5. The van der Waals surface area contributed by atoms with Gasteiger partial charge in [-0.25, -0.2) is 0 Å². The van der Waals surface area contributed by atoms with E-state index in [1.165, 1.54) is 0 Å². The maximum absolute atomic E-state index is 11.8. The summed E-state index contributed by atoms with van der Waals surface area (Å²) in [6, 6.07) is 0. The molecule has 0 N–H and O–H groups in total.